The van der Waals surface area contributed by atoms with Crippen LogP contribution in [0.1, 0.15) is 26.7 Å². The molecule has 1 heterocycles. The van der Waals surface area contributed by atoms with E-state index in [2.05, 4.69) is 13.8 Å². The maximum atomic E-state index is 5.40. The van der Waals surface area contributed by atoms with Crippen LogP contribution in [0.25, 0.3) is 0 Å². The van der Waals surface area contributed by atoms with Gasteiger partial charge in [0.25, 0.3) is 0 Å². The molecule has 1 aliphatic heterocycles. The molecule has 0 N–H and O–H groups in total. The average Bonchev–Trinajstić information content (AvgIpc) is 1.89. The summed E-state index contributed by atoms with van der Waals surface area (Å²) >= 11 is 0. The standard InChI is InChI=1S/C6H10O/c1-5-3-4-6(5,2)7-5/h3-4H2,1-2H3. The minimum Gasteiger partial charge on any atom is -0.363 e. The molecule has 0 amide bonds. The summed E-state index contributed by atoms with van der Waals surface area (Å²) in [6, 6.07) is 0. The molecule has 1 nitrogen and oxygen atoms in total. The molecule has 2 rings (SSSR count). The fourth-order valence-electron chi connectivity index (χ4n) is 1.40. The van der Waals surface area contributed by atoms with Crippen LogP contribution in [-0.2, 0) is 4.74 Å². The summed E-state index contributed by atoms with van der Waals surface area (Å²) in [7, 11) is 0. The van der Waals surface area contributed by atoms with E-state index in [0.717, 1.165) is 0 Å². The predicted molar refractivity (Wildman–Crippen MR) is 27.1 cm³/mol. The molecular formula is C6H10O. The zero-order chi connectivity index (χ0) is 5.12. The van der Waals surface area contributed by atoms with Crippen LogP contribution in [0.2, 0.25) is 0 Å². The Kier molecular flexibility index (Phi) is 0.365. The number of ether oxygens (including phenoxy) is 1. The summed E-state index contributed by atoms with van der Waals surface area (Å²) in [5.74, 6) is 0. The Labute approximate surface area is 43.7 Å². The maximum absolute atomic E-state index is 5.40. The lowest BCUT2D eigenvalue weighted by molar-refractivity contribution is 0.326. The monoisotopic (exact) mass is 98.1 g/mol. The lowest BCUT2D eigenvalue weighted by Crippen LogP contribution is -2.30. The van der Waals surface area contributed by atoms with Gasteiger partial charge in [0.1, 0.15) is 0 Å². The zero-order valence-electron chi connectivity index (χ0n) is 4.82. The second-order valence-electron chi connectivity index (χ2n) is 3.06. The number of epoxide rings is 1. The van der Waals surface area contributed by atoms with Crippen LogP contribution in [-0.4, -0.2) is 11.2 Å². The fourth-order valence-corrected chi connectivity index (χ4v) is 1.40. The van der Waals surface area contributed by atoms with Crippen LogP contribution in [0.5, 0.6) is 0 Å². The molecule has 0 aromatic heterocycles. The molecular weight excluding hydrogens is 88.1 g/mol. The molecule has 1 heteroatoms. The van der Waals surface area contributed by atoms with Gasteiger partial charge >= 0.3 is 0 Å². The van der Waals surface area contributed by atoms with Crippen LogP contribution in [0.4, 0.5) is 0 Å². The molecule has 1 saturated heterocycles. The third-order valence-corrected chi connectivity index (χ3v) is 2.61. The first-order valence-electron chi connectivity index (χ1n) is 2.87. The molecule has 2 unspecified atom stereocenters. The van der Waals surface area contributed by atoms with Gasteiger partial charge in [-0.3, -0.25) is 0 Å². The molecule has 40 valence electrons. The van der Waals surface area contributed by atoms with Crippen molar-refractivity contribution >= 4 is 0 Å². The van der Waals surface area contributed by atoms with E-state index in [1.54, 1.807) is 0 Å². The quantitative estimate of drug-likeness (QED) is 0.416. The van der Waals surface area contributed by atoms with Crippen molar-refractivity contribution in [1.29, 1.82) is 0 Å². The van der Waals surface area contributed by atoms with E-state index >= 15 is 0 Å². The summed E-state index contributed by atoms with van der Waals surface area (Å²) in [5.41, 5.74) is 0.653. The van der Waals surface area contributed by atoms with Gasteiger partial charge in [0.15, 0.2) is 0 Å². The van der Waals surface area contributed by atoms with E-state index in [4.69, 9.17) is 4.74 Å². The summed E-state index contributed by atoms with van der Waals surface area (Å²) in [4.78, 5) is 0. The van der Waals surface area contributed by atoms with Crippen molar-refractivity contribution in [1.82, 2.24) is 0 Å². The first kappa shape index (κ1) is 3.90. The van der Waals surface area contributed by atoms with Gasteiger partial charge < -0.3 is 4.74 Å². The normalized spacial score (nSPS) is 66.0. The Morgan fingerprint density at radius 3 is 1.57 bits per heavy atom. The van der Waals surface area contributed by atoms with Crippen LogP contribution >= 0.6 is 0 Å². The zero-order valence-corrected chi connectivity index (χ0v) is 4.82. The number of fused-ring (bicyclic) bond motifs is 1. The lowest BCUT2D eigenvalue weighted by Gasteiger charge is -2.21. The van der Waals surface area contributed by atoms with E-state index in [0.29, 0.717) is 11.2 Å². The minimum atomic E-state index is 0.326. The third-order valence-electron chi connectivity index (χ3n) is 2.61. The molecule has 0 aromatic carbocycles. The maximum Gasteiger partial charge on any atom is 0.0950 e. The van der Waals surface area contributed by atoms with Gasteiger partial charge in [0.2, 0.25) is 0 Å². The van der Waals surface area contributed by atoms with Gasteiger partial charge in [0, 0.05) is 0 Å². The Morgan fingerprint density at radius 2 is 1.57 bits per heavy atom. The van der Waals surface area contributed by atoms with E-state index < -0.39 is 0 Å². The fraction of sp³-hybridized carbons (Fsp3) is 1.00. The highest BCUT2D eigenvalue weighted by Crippen LogP contribution is 2.62. The molecule has 2 fully saturated rings. The SMILES string of the molecule is CC12CCC1(C)O2. The first-order valence-corrected chi connectivity index (χ1v) is 2.87. The van der Waals surface area contributed by atoms with Gasteiger partial charge in [-0.1, -0.05) is 0 Å². The number of rotatable bonds is 0. The topological polar surface area (TPSA) is 12.5 Å². The van der Waals surface area contributed by atoms with E-state index in [-0.39, 0.29) is 0 Å². The number of hydrogen-bond acceptors (Lipinski definition) is 1. The molecule has 1 saturated carbocycles. The Bertz CT molecular complexity index is 107. The molecule has 2 atom stereocenters. The summed E-state index contributed by atoms with van der Waals surface area (Å²) < 4.78 is 5.40. The van der Waals surface area contributed by atoms with Crippen molar-refractivity contribution in [3.8, 4) is 0 Å². The molecule has 0 spiro atoms. The van der Waals surface area contributed by atoms with Gasteiger partial charge in [-0.15, -0.1) is 0 Å². The van der Waals surface area contributed by atoms with Gasteiger partial charge in [-0.25, -0.2) is 0 Å². The van der Waals surface area contributed by atoms with Gasteiger partial charge in [-0.2, -0.15) is 0 Å². The second kappa shape index (κ2) is 0.655. The van der Waals surface area contributed by atoms with Crippen LogP contribution in [0.3, 0.4) is 0 Å². The van der Waals surface area contributed by atoms with E-state index in [1.165, 1.54) is 12.8 Å². The Balaban J connectivity index is 2.26. The number of hydrogen-bond donors (Lipinski definition) is 0. The second-order valence-corrected chi connectivity index (χ2v) is 3.06. The van der Waals surface area contributed by atoms with Crippen molar-refractivity contribution in [3.05, 3.63) is 0 Å². The Morgan fingerprint density at radius 1 is 1.14 bits per heavy atom. The van der Waals surface area contributed by atoms with E-state index in [1.807, 2.05) is 0 Å². The van der Waals surface area contributed by atoms with Crippen LogP contribution < -0.4 is 0 Å². The Hall–Kier alpha value is -0.0400. The van der Waals surface area contributed by atoms with Crippen LogP contribution in [0, 0.1) is 0 Å². The van der Waals surface area contributed by atoms with Gasteiger partial charge in [0.05, 0.1) is 11.2 Å². The molecule has 7 heavy (non-hydrogen) atoms. The summed E-state index contributed by atoms with van der Waals surface area (Å²) in [6.45, 7) is 4.38. The molecule has 2 aliphatic rings. The lowest BCUT2D eigenvalue weighted by atomic mass is 9.77. The third kappa shape index (κ3) is 0.235. The predicted octanol–water partition coefficient (Wildman–Crippen LogP) is 1.33. The summed E-state index contributed by atoms with van der Waals surface area (Å²) in [6.07, 6.45) is 2.56. The van der Waals surface area contributed by atoms with Crippen molar-refractivity contribution in [3.63, 3.8) is 0 Å². The molecule has 1 aliphatic carbocycles. The van der Waals surface area contributed by atoms with Crippen molar-refractivity contribution < 1.29 is 4.74 Å². The summed E-state index contributed by atoms with van der Waals surface area (Å²) in [5, 5.41) is 0. The van der Waals surface area contributed by atoms with Crippen molar-refractivity contribution in [2.75, 3.05) is 0 Å². The minimum absolute atomic E-state index is 0.326. The largest absolute Gasteiger partial charge is 0.363 e. The molecule has 0 bridgehead atoms. The highest BCUT2D eigenvalue weighted by Gasteiger charge is 2.70. The van der Waals surface area contributed by atoms with Gasteiger partial charge in [-0.05, 0) is 26.7 Å². The highest BCUT2D eigenvalue weighted by molar-refractivity contribution is 5.19. The first-order chi connectivity index (χ1) is 3.16. The molecule has 0 aromatic rings. The van der Waals surface area contributed by atoms with Crippen molar-refractivity contribution in [2.45, 2.75) is 37.9 Å². The van der Waals surface area contributed by atoms with Crippen LogP contribution in [0.15, 0.2) is 0 Å². The smallest absolute Gasteiger partial charge is 0.0950 e. The molecule has 0 radical (unpaired) electrons. The average molecular weight is 98.1 g/mol. The highest BCUT2D eigenvalue weighted by atomic mass is 16.6. The van der Waals surface area contributed by atoms with Crippen molar-refractivity contribution in [2.24, 2.45) is 0 Å². The van der Waals surface area contributed by atoms with E-state index in [9.17, 15) is 0 Å².